The molecule has 0 radical (unpaired) electrons. The molecule has 2 nitrogen and oxygen atoms in total. The monoisotopic (exact) mass is 296 g/mol. The Labute approximate surface area is 132 Å². The van der Waals surface area contributed by atoms with Gasteiger partial charge >= 0.3 is 5.97 Å². The lowest BCUT2D eigenvalue weighted by Gasteiger charge is -2.23. The molecule has 2 unspecified atom stereocenters. The van der Waals surface area contributed by atoms with E-state index >= 15 is 0 Å². The highest BCUT2D eigenvalue weighted by molar-refractivity contribution is 5.87. The zero-order chi connectivity index (χ0) is 16.3. The quantitative estimate of drug-likeness (QED) is 0.331. The summed E-state index contributed by atoms with van der Waals surface area (Å²) in [6.07, 6.45) is 8.92. The second-order valence-corrected chi connectivity index (χ2v) is 6.61. The molecule has 0 fully saturated rings. The number of rotatable bonds is 12. The average Bonchev–Trinajstić information content (AvgIpc) is 2.45. The van der Waals surface area contributed by atoms with Gasteiger partial charge in [-0.05, 0) is 37.5 Å². The zero-order valence-corrected chi connectivity index (χ0v) is 14.9. The molecule has 0 rings (SSSR count). The Morgan fingerprint density at radius 1 is 1.10 bits per heavy atom. The summed E-state index contributed by atoms with van der Waals surface area (Å²) in [7, 11) is 0. The van der Waals surface area contributed by atoms with Gasteiger partial charge in [0.15, 0.2) is 0 Å². The number of carbonyl (C=O) groups excluding carboxylic acids is 1. The molecule has 0 saturated heterocycles. The SMILES string of the molecule is C=C(CC)C(=O)OC(CCC(CC)CCCC)CC(C)C. The summed E-state index contributed by atoms with van der Waals surface area (Å²) in [4.78, 5) is 11.9. The molecule has 21 heavy (non-hydrogen) atoms. The first-order valence-corrected chi connectivity index (χ1v) is 8.83. The number of ether oxygens (including phenoxy) is 1. The van der Waals surface area contributed by atoms with Crippen molar-refractivity contribution < 1.29 is 9.53 Å². The van der Waals surface area contributed by atoms with Gasteiger partial charge in [0, 0.05) is 5.57 Å². The predicted molar refractivity (Wildman–Crippen MR) is 91.3 cm³/mol. The summed E-state index contributed by atoms with van der Waals surface area (Å²) in [6, 6.07) is 0. The molecular formula is C19H36O2. The van der Waals surface area contributed by atoms with Crippen LogP contribution in [-0.4, -0.2) is 12.1 Å². The molecule has 0 spiro atoms. The largest absolute Gasteiger partial charge is 0.459 e. The van der Waals surface area contributed by atoms with Gasteiger partial charge in [-0.25, -0.2) is 4.79 Å². The van der Waals surface area contributed by atoms with Crippen LogP contribution in [-0.2, 0) is 9.53 Å². The number of hydrogen-bond acceptors (Lipinski definition) is 2. The molecule has 0 aromatic rings. The van der Waals surface area contributed by atoms with E-state index in [1.807, 2.05) is 6.92 Å². The van der Waals surface area contributed by atoms with Crippen molar-refractivity contribution in [1.29, 1.82) is 0 Å². The van der Waals surface area contributed by atoms with Crippen LogP contribution >= 0.6 is 0 Å². The van der Waals surface area contributed by atoms with Crippen molar-refractivity contribution in [3.05, 3.63) is 12.2 Å². The molecular weight excluding hydrogens is 260 g/mol. The van der Waals surface area contributed by atoms with Crippen molar-refractivity contribution in [2.75, 3.05) is 0 Å². The topological polar surface area (TPSA) is 26.3 Å². The first-order valence-electron chi connectivity index (χ1n) is 8.83. The summed E-state index contributed by atoms with van der Waals surface area (Å²) < 4.78 is 5.67. The fourth-order valence-corrected chi connectivity index (χ4v) is 2.60. The molecule has 0 aromatic heterocycles. The van der Waals surface area contributed by atoms with E-state index in [2.05, 4.69) is 34.3 Å². The number of esters is 1. The summed E-state index contributed by atoms with van der Waals surface area (Å²) in [5.74, 6) is 1.12. The van der Waals surface area contributed by atoms with Gasteiger partial charge in [-0.2, -0.15) is 0 Å². The van der Waals surface area contributed by atoms with Gasteiger partial charge in [0.05, 0.1) is 0 Å². The third kappa shape index (κ3) is 9.71. The van der Waals surface area contributed by atoms with Gasteiger partial charge in [-0.15, -0.1) is 0 Å². The minimum absolute atomic E-state index is 0.0523. The number of carbonyl (C=O) groups is 1. The Morgan fingerprint density at radius 3 is 2.24 bits per heavy atom. The smallest absolute Gasteiger partial charge is 0.333 e. The molecule has 2 atom stereocenters. The third-order valence-electron chi connectivity index (χ3n) is 4.16. The Morgan fingerprint density at radius 2 is 1.76 bits per heavy atom. The molecule has 0 saturated carbocycles. The van der Waals surface area contributed by atoms with Crippen molar-refractivity contribution in [3.8, 4) is 0 Å². The van der Waals surface area contributed by atoms with Crippen LogP contribution < -0.4 is 0 Å². The first-order chi connectivity index (χ1) is 9.94. The molecule has 0 aromatic carbocycles. The fraction of sp³-hybridized carbons (Fsp3) is 0.842. The lowest BCUT2D eigenvalue weighted by molar-refractivity contribution is -0.145. The van der Waals surface area contributed by atoms with Gasteiger partial charge in [0.1, 0.15) is 6.10 Å². The van der Waals surface area contributed by atoms with Crippen LogP contribution in [0.5, 0.6) is 0 Å². The van der Waals surface area contributed by atoms with Crippen LogP contribution in [0, 0.1) is 11.8 Å². The Bertz CT molecular complexity index is 294. The Balaban J connectivity index is 4.40. The van der Waals surface area contributed by atoms with E-state index in [-0.39, 0.29) is 12.1 Å². The summed E-state index contributed by atoms with van der Waals surface area (Å²) in [5.41, 5.74) is 0.585. The van der Waals surface area contributed by atoms with Crippen molar-refractivity contribution in [2.45, 2.75) is 92.1 Å². The van der Waals surface area contributed by atoms with Crippen LogP contribution in [0.4, 0.5) is 0 Å². The minimum Gasteiger partial charge on any atom is -0.459 e. The van der Waals surface area contributed by atoms with Crippen molar-refractivity contribution in [2.24, 2.45) is 11.8 Å². The normalized spacial score (nSPS) is 14.0. The summed E-state index contributed by atoms with van der Waals surface area (Å²) in [5, 5.41) is 0. The van der Waals surface area contributed by atoms with Crippen LogP contribution in [0.2, 0.25) is 0 Å². The number of hydrogen-bond donors (Lipinski definition) is 0. The van der Waals surface area contributed by atoms with Crippen molar-refractivity contribution in [1.82, 2.24) is 0 Å². The first kappa shape index (κ1) is 20.2. The van der Waals surface area contributed by atoms with Gasteiger partial charge in [0.2, 0.25) is 0 Å². The van der Waals surface area contributed by atoms with Gasteiger partial charge < -0.3 is 4.74 Å². The zero-order valence-electron chi connectivity index (χ0n) is 14.9. The maximum absolute atomic E-state index is 11.9. The van der Waals surface area contributed by atoms with Gasteiger partial charge in [0.25, 0.3) is 0 Å². The van der Waals surface area contributed by atoms with Crippen molar-refractivity contribution in [3.63, 3.8) is 0 Å². The molecule has 0 heterocycles. The summed E-state index contributed by atoms with van der Waals surface area (Å²) >= 11 is 0. The molecule has 0 N–H and O–H groups in total. The van der Waals surface area contributed by atoms with Crippen LogP contribution in [0.1, 0.15) is 86.0 Å². The van der Waals surface area contributed by atoms with Crippen molar-refractivity contribution >= 4 is 5.97 Å². The third-order valence-corrected chi connectivity index (χ3v) is 4.16. The van der Waals surface area contributed by atoms with E-state index in [1.165, 1.54) is 32.1 Å². The lowest BCUT2D eigenvalue weighted by atomic mass is 9.91. The second kappa shape index (κ2) is 11.8. The highest BCUT2D eigenvalue weighted by atomic mass is 16.5. The standard InChI is InChI=1S/C19H36O2/c1-7-10-11-17(9-3)12-13-18(14-15(4)5)21-19(20)16(6)8-2/h15,17-18H,6-14H2,1-5H3. The molecule has 124 valence electrons. The molecule has 2 heteroatoms. The van der Waals surface area contributed by atoms with E-state index < -0.39 is 0 Å². The maximum atomic E-state index is 11.9. The van der Waals surface area contributed by atoms with E-state index in [1.54, 1.807) is 0 Å². The summed E-state index contributed by atoms with van der Waals surface area (Å²) in [6.45, 7) is 14.6. The average molecular weight is 296 g/mol. The van der Waals surface area contributed by atoms with E-state index in [4.69, 9.17) is 4.74 Å². The van der Waals surface area contributed by atoms with E-state index in [0.717, 1.165) is 18.8 Å². The second-order valence-electron chi connectivity index (χ2n) is 6.61. The maximum Gasteiger partial charge on any atom is 0.333 e. The molecule has 0 aliphatic heterocycles. The van der Waals surface area contributed by atoms with Gasteiger partial charge in [-0.3, -0.25) is 0 Å². The Hall–Kier alpha value is -0.790. The van der Waals surface area contributed by atoms with Gasteiger partial charge in [-0.1, -0.05) is 66.9 Å². The fourth-order valence-electron chi connectivity index (χ4n) is 2.60. The minimum atomic E-state index is -0.204. The Kier molecular flexibility index (Phi) is 11.4. The van der Waals surface area contributed by atoms with E-state index in [0.29, 0.717) is 17.9 Å². The van der Waals surface area contributed by atoms with Crippen LogP contribution in [0.3, 0.4) is 0 Å². The van der Waals surface area contributed by atoms with E-state index in [9.17, 15) is 4.79 Å². The highest BCUT2D eigenvalue weighted by Crippen LogP contribution is 2.23. The highest BCUT2D eigenvalue weighted by Gasteiger charge is 2.19. The number of unbranched alkanes of at least 4 members (excludes halogenated alkanes) is 1. The van der Waals surface area contributed by atoms with Crippen LogP contribution in [0.25, 0.3) is 0 Å². The molecule has 0 aliphatic carbocycles. The molecule has 0 amide bonds. The molecule has 0 bridgehead atoms. The predicted octanol–water partition coefficient (Wildman–Crippen LogP) is 5.91. The van der Waals surface area contributed by atoms with Crippen LogP contribution in [0.15, 0.2) is 12.2 Å². The lowest BCUT2D eigenvalue weighted by Crippen LogP contribution is -2.22. The molecule has 0 aliphatic rings.